The summed E-state index contributed by atoms with van der Waals surface area (Å²) in [6.45, 7) is -0.345. The van der Waals surface area contributed by atoms with Crippen molar-refractivity contribution in [3.63, 3.8) is 0 Å². The van der Waals surface area contributed by atoms with Crippen molar-refractivity contribution in [1.82, 2.24) is 9.97 Å². The van der Waals surface area contributed by atoms with Crippen molar-refractivity contribution < 1.29 is 19.4 Å². The van der Waals surface area contributed by atoms with E-state index in [9.17, 15) is 14.7 Å². The smallest absolute Gasteiger partial charge is 0.339 e. The number of carbonyl (C=O) groups excluding carboxylic acids is 2. The highest BCUT2D eigenvalue weighted by molar-refractivity contribution is 6.11. The SMILES string of the molecule is O=C(OCC(=O)c1c[nH]c2ccccc12)c1c2c(nc3ccccc13)C(=Cc1ccc(O)cc1)CC2. The van der Waals surface area contributed by atoms with Crippen molar-refractivity contribution in [3.8, 4) is 5.75 Å². The monoisotopic (exact) mass is 474 g/mol. The van der Waals surface area contributed by atoms with E-state index in [1.165, 1.54) is 0 Å². The Morgan fingerprint density at radius 3 is 2.53 bits per heavy atom. The Bertz CT molecular complexity index is 1680. The van der Waals surface area contributed by atoms with E-state index in [0.29, 0.717) is 28.5 Å². The average molecular weight is 475 g/mol. The van der Waals surface area contributed by atoms with Crippen LogP contribution in [0.4, 0.5) is 0 Å². The van der Waals surface area contributed by atoms with Gasteiger partial charge in [0.1, 0.15) is 5.75 Å². The molecule has 176 valence electrons. The van der Waals surface area contributed by atoms with Gasteiger partial charge >= 0.3 is 5.97 Å². The van der Waals surface area contributed by atoms with Crippen LogP contribution in [0.25, 0.3) is 33.5 Å². The van der Waals surface area contributed by atoms with Gasteiger partial charge in [0.2, 0.25) is 5.78 Å². The number of ether oxygens (including phenoxy) is 1. The summed E-state index contributed by atoms with van der Waals surface area (Å²) in [7, 11) is 0. The number of hydrogen-bond acceptors (Lipinski definition) is 5. The second-order valence-electron chi connectivity index (χ2n) is 8.84. The first-order valence-electron chi connectivity index (χ1n) is 11.8. The number of pyridine rings is 1. The van der Waals surface area contributed by atoms with E-state index in [2.05, 4.69) is 4.98 Å². The third-order valence-corrected chi connectivity index (χ3v) is 6.60. The van der Waals surface area contributed by atoms with Crippen molar-refractivity contribution in [1.29, 1.82) is 0 Å². The summed E-state index contributed by atoms with van der Waals surface area (Å²) in [5, 5.41) is 11.1. The van der Waals surface area contributed by atoms with Crippen molar-refractivity contribution in [3.05, 3.63) is 107 Å². The van der Waals surface area contributed by atoms with Crippen LogP contribution >= 0.6 is 0 Å². The number of fused-ring (bicyclic) bond motifs is 3. The van der Waals surface area contributed by atoms with Crippen LogP contribution in [0.2, 0.25) is 0 Å². The molecule has 0 bridgehead atoms. The van der Waals surface area contributed by atoms with E-state index in [-0.39, 0.29) is 18.1 Å². The zero-order valence-electron chi connectivity index (χ0n) is 19.3. The Hall–Kier alpha value is -4.71. The first-order valence-corrected chi connectivity index (χ1v) is 11.8. The van der Waals surface area contributed by atoms with Crippen LogP contribution in [-0.4, -0.2) is 33.4 Å². The maximum Gasteiger partial charge on any atom is 0.339 e. The van der Waals surface area contributed by atoms with Crippen LogP contribution in [0, 0.1) is 0 Å². The van der Waals surface area contributed by atoms with E-state index >= 15 is 0 Å². The number of phenols is 1. The molecule has 0 fully saturated rings. The summed E-state index contributed by atoms with van der Waals surface area (Å²) in [5.41, 5.74) is 6.10. The number of benzene rings is 3. The van der Waals surface area contributed by atoms with Gasteiger partial charge < -0.3 is 14.8 Å². The number of aromatic hydroxyl groups is 1. The predicted octanol–water partition coefficient (Wildman–Crippen LogP) is 5.95. The summed E-state index contributed by atoms with van der Waals surface area (Å²) in [6, 6.07) is 22.0. The molecule has 36 heavy (non-hydrogen) atoms. The van der Waals surface area contributed by atoms with Gasteiger partial charge in [-0.05, 0) is 59.9 Å². The number of rotatable bonds is 5. The van der Waals surface area contributed by atoms with Gasteiger partial charge in [0, 0.05) is 28.0 Å². The van der Waals surface area contributed by atoms with E-state index < -0.39 is 5.97 Å². The number of aromatic nitrogens is 2. The number of nitrogens with zero attached hydrogens (tertiary/aromatic N) is 1. The maximum absolute atomic E-state index is 13.4. The molecule has 0 radical (unpaired) electrons. The molecule has 6 nitrogen and oxygen atoms in total. The zero-order chi connectivity index (χ0) is 24.6. The number of para-hydroxylation sites is 2. The lowest BCUT2D eigenvalue weighted by Crippen LogP contribution is -2.16. The molecule has 1 aliphatic carbocycles. The number of H-pyrrole nitrogens is 1. The largest absolute Gasteiger partial charge is 0.508 e. The highest BCUT2D eigenvalue weighted by Gasteiger charge is 2.28. The molecule has 6 rings (SSSR count). The van der Waals surface area contributed by atoms with E-state index in [0.717, 1.165) is 39.7 Å². The third kappa shape index (κ3) is 3.82. The number of allylic oxidation sites excluding steroid dienone is 1. The van der Waals surface area contributed by atoms with Crippen LogP contribution in [0.5, 0.6) is 5.75 Å². The fourth-order valence-electron chi connectivity index (χ4n) is 4.87. The number of Topliss-reactive ketones (excluding diaryl/α,β-unsaturated/α-hetero) is 1. The lowest BCUT2D eigenvalue weighted by molar-refractivity contribution is 0.0476. The number of aromatic amines is 1. The number of phenolic OH excluding ortho intramolecular Hbond substituents is 1. The molecule has 0 spiro atoms. The number of ketones is 1. The van der Waals surface area contributed by atoms with Gasteiger partial charge in [-0.1, -0.05) is 48.5 Å². The number of esters is 1. The second-order valence-corrected chi connectivity index (χ2v) is 8.84. The predicted molar refractivity (Wildman–Crippen MR) is 139 cm³/mol. The van der Waals surface area contributed by atoms with Gasteiger partial charge in [-0.2, -0.15) is 0 Å². The minimum absolute atomic E-state index is 0.209. The standard InChI is InChI=1S/C30H22N2O4/c33-20-12-9-18(10-13-20)15-19-11-14-23-28(22-6-2-4-8-26(22)32-29(19)23)30(35)36-17-27(34)24-16-31-25-7-3-1-5-21(24)25/h1-10,12-13,15-16,31,33H,11,14,17H2. The molecule has 0 aliphatic heterocycles. The minimum atomic E-state index is -0.524. The van der Waals surface area contributed by atoms with Crippen LogP contribution in [-0.2, 0) is 11.2 Å². The zero-order valence-corrected chi connectivity index (χ0v) is 19.3. The fourth-order valence-corrected chi connectivity index (χ4v) is 4.87. The summed E-state index contributed by atoms with van der Waals surface area (Å²) >= 11 is 0. The fraction of sp³-hybridized carbons (Fsp3) is 0.100. The minimum Gasteiger partial charge on any atom is -0.508 e. The molecular weight excluding hydrogens is 452 g/mol. The van der Waals surface area contributed by atoms with Crippen LogP contribution < -0.4 is 0 Å². The maximum atomic E-state index is 13.4. The molecule has 2 N–H and O–H groups in total. The highest BCUT2D eigenvalue weighted by atomic mass is 16.5. The Morgan fingerprint density at radius 1 is 0.944 bits per heavy atom. The summed E-state index contributed by atoms with van der Waals surface area (Å²) in [5.74, 6) is -0.576. The summed E-state index contributed by atoms with van der Waals surface area (Å²) in [6.07, 6.45) is 5.06. The first-order chi connectivity index (χ1) is 17.6. The van der Waals surface area contributed by atoms with Crippen molar-refractivity contribution in [2.45, 2.75) is 12.8 Å². The lowest BCUT2D eigenvalue weighted by atomic mass is 10.0. The third-order valence-electron chi connectivity index (χ3n) is 6.60. The van der Waals surface area contributed by atoms with Crippen LogP contribution in [0.1, 0.15) is 44.0 Å². The highest BCUT2D eigenvalue weighted by Crippen LogP contribution is 2.38. The lowest BCUT2D eigenvalue weighted by Gasteiger charge is -2.12. The van der Waals surface area contributed by atoms with Crippen molar-refractivity contribution >= 4 is 45.2 Å². The molecule has 2 heterocycles. The molecular formula is C30H22N2O4. The van der Waals surface area contributed by atoms with Crippen molar-refractivity contribution in [2.75, 3.05) is 6.61 Å². The molecule has 0 saturated carbocycles. The molecule has 0 atom stereocenters. The molecule has 0 amide bonds. The quantitative estimate of drug-likeness (QED) is 0.243. The molecule has 1 aliphatic rings. The molecule has 6 heteroatoms. The van der Waals surface area contributed by atoms with Gasteiger partial charge in [-0.25, -0.2) is 9.78 Å². The Labute approximate surface area is 206 Å². The van der Waals surface area contributed by atoms with E-state index in [4.69, 9.17) is 9.72 Å². The number of carbonyl (C=O) groups is 2. The van der Waals surface area contributed by atoms with E-state index in [1.54, 1.807) is 18.3 Å². The number of nitrogens with one attached hydrogen (secondary N) is 1. The van der Waals surface area contributed by atoms with Crippen molar-refractivity contribution in [2.24, 2.45) is 0 Å². The Morgan fingerprint density at radius 2 is 1.69 bits per heavy atom. The summed E-state index contributed by atoms with van der Waals surface area (Å²) < 4.78 is 5.59. The average Bonchev–Trinajstić information content (AvgIpc) is 3.51. The van der Waals surface area contributed by atoms with Gasteiger partial charge in [0.15, 0.2) is 6.61 Å². The van der Waals surface area contributed by atoms with Gasteiger partial charge in [-0.3, -0.25) is 4.79 Å². The Kier molecular flexibility index (Phi) is 5.34. The second kappa shape index (κ2) is 8.82. The van der Waals surface area contributed by atoms with Crippen LogP contribution in [0.3, 0.4) is 0 Å². The number of hydrogen-bond donors (Lipinski definition) is 2. The van der Waals surface area contributed by atoms with Crippen LogP contribution in [0.15, 0.2) is 79.0 Å². The summed E-state index contributed by atoms with van der Waals surface area (Å²) in [4.78, 5) is 34.2. The first kappa shape index (κ1) is 21.8. The molecule has 2 aromatic heterocycles. The van der Waals surface area contributed by atoms with E-state index in [1.807, 2.05) is 66.7 Å². The molecule has 0 unspecified atom stereocenters. The Balaban J connectivity index is 1.34. The normalized spacial score (nSPS) is 13.8. The topological polar surface area (TPSA) is 92.3 Å². The van der Waals surface area contributed by atoms with Gasteiger partial charge in [0.25, 0.3) is 0 Å². The molecule has 0 saturated heterocycles. The van der Waals surface area contributed by atoms with Gasteiger partial charge in [0.05, 0.1) is 16.8 Å². The van der Waals surface area contributed by atoms with Gasteiger partial charge in [-0.15, -0.1) is 0 Å². The molecule has 5 aromatic rings. The molecule has 3 aromatic carbocycles.